The van der Waals surface area contributed by atoms with Crippen LogP contribution in [0.3, 0.4) is 0 Å². The Morgan fingerprint density at radius 3 is 2.86 bits per heavy atom. The monoisotopic (exact) mass is 211 g/mol. The molecule has 14 heavy (non-hydrogen) atoms. The maximum Gasteiger partial charge on any atom is 0.288 e. The summed E-state index contributed by atoms with van der Waals surface area (Å²) in [6.07, 6.45) is 4.67. The summed E-state index contributed by atoms with van der Waals surface area (Å²) in [5.41, 5.74) is 0.743. The van der Waals surface area contributed by atoms with Crippen molar-refractivity contribution in [3.63, 3.8) is 0 Å². The number of benzene rings is 1. The first kappa shape index (κ1) is 10.7. The number of hydrogen-bond donors (Lipinski definition) is 0. The van der Waals surface area contributed by atoms with Crippen molar-refractivity contribution >= 4 is 23.4 Å². The average Bonchev–Trinajstić information content (AvgIpc) is 2.16. The van der Waals surface area contributed by atoms with Gasteiger partial charge in [0, 0.05) is 6.07 Å². The molecule has 3 nitrogen and oxygen atoms in total. The molecule has 0 aliphatic heterocycles. The lowest BCUT2D eigenvalue weighted by molar-refractivity contribution is -0.384. The summed E-state index contributed by atoms with van der Waals surface area (Å²) in [5, 5.41) is 10.7. The summed E-state index contributed by atoms with van der Waals surface area (Å²) in [6, 6.07) is 4.75. The number of rotatable bonds is 3. The Bertz CT molecular complexity index is 374. The highest BCUT2D eigenvalue weighted by Gasteiger charge is 2.11. The average molecular weight is 212 g/mol. The van der Waals surface area contributed by atoms with Crippen LogP contribution in [-0.2, 0) is 0 Å². The number of allylic oxidation sites excluding steroid dienone is 1. The summed E-state index contributed by atoms with van der Waals surface area (Å²) < 4.78 is 0. The molecule has 0 atom stereocenters. The predicted molar refractivity (Wildman–Crippen MR) is 57.4 cm³/mol. The fourth-order valence-electron chi connectivity index (χ4n) is 1.03. The van der Waals surface area contributed by atoms with E-state index in [1.54, 1.807) is 6.07 Å². The minimum absolute atomic E-state index is 0.0510. The van der Waals surface area contributed by atoms with Crippen LogP contribution in [0.1, 0.15) is 18.9 Å². The van der Waals surface area contributed by atoms with Crippen molar-refractivity contribution in [2.24, 2.45) is 0 Å². The zero-order valence-electron chi connectivity index (χ0n) is 7.74. The Labute approximate surface area is 87.2 Å². The third-order valence-corrected chi connectivity index (χ3v) is 2.03. The van der Waals surface area contributed by atoms with Crippen molar-refractivity contribution in [1.29, 1.82) is 0 Å². The van der Waals surface area contributed by atoms with Crippen LogP contribution in [0.5, 0.6) is 0 Å². The molecular weight excluding hydrogens is 202 g/mol. The van der Waals surface area contributed by atoms with Gasteiger partial charge in [-0.25, -0.2) is 0 Å². The maximum atomic E-state index is 10.5. The molecule has 0 heterocycles. The van der Waals surface area contributed by atoms with Crippen molar-refractivity contribution in [3.8, 4) is 0 Å². The Balaban J connectivity index is 3.06. The summed E-state index contributed by atoms with van der Waals surface area (Å²) in [5.74, 6) is 0. The van der Waals surface area contributed by atoms with Gasteiger partial charge in [-0.1, -0.05) is 36.7 Å². The topological polar surface area (TPSA) is 43.1 Å². The minimum Gasteiger partial charge on any atom is -0.258 e. The van der Waals surface area contributed by atoms with Crippen molar-refractivity contribution in [2.45, 2.75) is 13.3 Å². The molecule has 0 spiro atoms. The Kier molecular flexibility index (Phi) is 3.65. The Morgan fingerprint density at radius 1 is 1.57 bits per heavy atom. The quantitative estimate of drug-likeness (QED) is 0.566. The Hall–Kier alpha value is -1.35. The molecule has 0 aliphatic rings. The van der Waals surface area contributed by atoms with Crippen molar-refractivity contribution in [1.82, 2.24) is 0 Å². The molecule has 1 aromatic carbocycles. The van der Waals surface area contributed by atoms with E-state index in [1.165, 1.54) is 12.1 Å². The van der Waals surface area contributed by atoms with Gasteiger partial charge in [0.15, 0.2) is 0 Å². The highest BCUT2D eigenvalue weighted by Crippen LogP contribution is 2.25. The minimum atomic E-state index is -0.481. The fraction of sp³-hybridized carbons (Fsp3) is 0.200. The SMILES string of the molecule is CCC=Cc1ccc(Cl)c([N+](=O)[O-])c1. The molecular formula is C10H10ClNO2. The first-order valence-corrected chi connectivity index (χ1v) is 4.63. The van der Waals surface area contributed by atoms with Crippen molar-refractivity contribution in [3.05, 3.63) is 45.0 Å². The van der Waals surface area contributed by atoms with Crippen LogP contribution in [0.15, 0.2) is 24.3 Å². The van der Waals surface area contributed by atoms with E-state index in [9.17, 15) is 10.1 Å². The number of nitrogens with zero attached hydrogens (tertiary/aromatic N) is 1. The summed E-state index contributed by atoms with van der Waals surface area (Å²) in [7, 11) is 0. The van der Waals surface area contributed by atoms with Crippen LogP contribution >= 0.6 is 11.6 Å². The van der Waals surface area contributed by atoms with E-state index < -0.39 is 4.92 Å². The number of nitro benzene ring substituents is 1. The zero-order chi connectivity index (χ0) is 10.6. The summed E-state index contributed by atoms with van der Waals surface area (Å²) >= 11 is 5.66. The lowest BCUT2D eigenvalue weighted by Gasteiger charge is -1.96. The van der Waals surface area contributed by atoms with E-state index in [2.05, 4.69) is 0 Å². The van der Waals surface area contributed by atoms with Gasteiger partial charge in [0.05, 0.1) is 4.92 Å². The van der Waals surface area contributed by atoms with Crippen LogP contribution in [0.4, 0.5) is 5.69 Å². The highest BCUT2D eigenvalue weighted by molar-refractivity contribution is 6.32. The fourth-order valence-corrected chi connectivity index (χ4v) is 1.21. The molecule has 0 unspecified atom stereocenters. The molecule has 0 aromatic heterocycles. The third-order valence-electron chi connectivity index (χ3n) is 1.71. The zero-order valence-corrected chi connectivity index (χ0v) is 8.49. The molecule has 0 aliphatic carbocycles. The molecule has 0 N–H and O–H groups in total. The molecule has 1 aromatic rings. The molecule has 0 radical (unpaired) electrons. The largest absolute Gasteiger partial charge is 0.288 e. The van der Waals surface area contributed by atoms with Gasteiger partial charge in [-0.05, 0) is 18.1 Å². The highest BCUT2D eigenvalue weighted by atomic mass is 35.5. The molecule has 4 heteroatoms. The van der Waals surface area contributed by atoms with Crippen LogP contribution in [0.25, 0.3) is 6.08 Å². The lowest BCUT2D eigenvalue weighted by Crippen LogP contribution is -1.89. The normalized spacial score (nSPS) is 10.7. The van der Waals surface area contributed by atoms with Gasteiger partial charge >= 0.3 is 0 Å². The van der Waals surface area contributed by atoms with Gasteiger partial charge in [0.1, 0.15) is 5.02 Å². The van der Waals surface area contributed by atoms with Gasteiger partial charge in [-0.2, -0.15) is 0 Å². The van der Waals surface area contributed by atoms with Gasteiger partial charge in [-0.15, -0.1) is 0 Å². The predicted octanol–water partition coefficient (Wildman–Crippen LogP) is 3.67. The molecule has 74 valence electrons. The standard InChI is InChI=1S/C10H10ClNO2/c1-2-3-4-8-5-6-9(11)10(7-8)12(13)14/h3-7H,2H2,1H3. The second-order valence-corrected chi connectivity index (χ2v) is 3.19. The number of hydrogen-bond acceptors (Lipinski definition) is 2. The van der Waals surface area contributed by atoms with Crippen LogP contribution in [0.2, 0.25) is 5.02 Å². The molecule has 0 fully saturated rings. The van der Waals surface area contributed by atoms with E-state index in [-0.39, 0.29) is 10.7 Å². The molecule has 0 saturated carbocycles. The smallest absolute Gasteiger partial charge is 0.258 e. The van der Waals surface area contributed by atoms with E-state index >= 15 is 0 Å². The molecule has 0 amide bonds. The number of halogens is 1. The Morgan fingerprint density at radius 2 is 2.29 bits per heavy atom. The van der Waals surface area contributed by atoms with Gasteiger partial charge < -0.3 is 0 Å². The molecule has 0 bridgehead atoms. The van der Waals surface area contributed by atoms with Gasteiger partial charge in [0.2, 0.25) is 0 Å². The third kappa shape index (κ3) is 2.57. The van der Waals surface area contributed by atoms with Gasteiger partial charge in [0.25, 0.3) is 5.69 Å². The van der Waals surface area contributed by atoms with Crippen LogP contribution < -0.4 is 0 Å². The summed E-state index contributed by atoms with van der Waals surface area (Å²) in [6.45, 7) is 2.00. The maximum absolute atomic E-state index is 10.5. The first-order chi connectivity index (χ1) is 6.65. The van der Waals surface area contributed by atoms with E-state index in [1.807, 2.05) is 19.1 Å². The first-order valence-electron chi connectivity index (χ1n) is 4.25. The van der Waals surface area contributed by atoms with E-state index in [4.69, 9.17) is 11.6 Å². The van der Waals surface area contributed by atoms with Crippen LogP contribution in [-0.4, -0.2) is 4.92 Å². The second kappa shape index (κ2) is 4.77. The molecule has 1 rings (SSSR count). The number of nitro groups is 1. The van der Waals surface area contributed by atoms with E-state index in [0.29, 0.717) is 0 Å². The lowest BCUT2D eigenvalue weighted by atomic mass is 10.2. The van der Waals surface area contributed by atoms with Crippen LogP contribution in [0, 0.1) is 10.1 Å². The van der Waals surface area contributed by atoms with Gasteiger partial charge in [-0.3, -0.25) is 10.1 Å². The van der Waals surface area contributed by atoms with Crippen molar-refractivity contribution < 1.29 is 4.92 Å². The second-order valence-electron chi connectivity index (χ2n) is 2.78. The van der Waals surface area contributed by atoms with E-state index in [0.717, 1.165) is 12.0 Å². The van der Waals surface area contributed by atoms with Crippen molar-refractivity contribution in [2.75, 3.05) is 0 Å². The summed E-state index contributed by atoms with van der Waals surface area (Å²) in [4.78, 5) is 10.1. The molecule has 0 saturated heterocycles.